The smallest absolute Gasteiger partial charge is 0.151 e. The summed E-state index contributed by atoms with van der Waals surface area (Å²) in [6, 6.07) is 12.5. The number of hydrogen-bond donors (Lipinski definition) is 0. The molecule has 0 spiro atoms. The summed E-state index contributed by atoms with van der Waals surface area (Å²) in [6.45, 7) is 0.739. The molecule has 1 aromatic carbocycles. The van der Waals surface area contributed by atoms with Gasteiger partial charge in [0.25, 0.3) is 0 Å². The number of rotatable bonds is 4. The van der Waals surface area contributed by atoms with Crippen LogP contribution in [-0.4, -0.2) is 9.55 Å². The Kier molecular flexibility index (Phi) is 4.26. The van der Waals surface area contributed by atoms with E-state index in [1.807, 2.05) is 18.2 Å². The van der Waals surface area contributed by atoms with Crippen LogP contribution in [0.1, 0.15) is 48.7 Å². The first kappa shape index (κ1) is 14.2. The van der Waals surface area contributed by atoms with Gasteiger partial charge in [-0.25, -0.2) is 4.98 Å². The van der Waals surface area contributed by atoms with Gasteiger partial charge in [0.1, 0.15) is 5.82 Å². The van der Waals surface area contributed by atoms with Gasteiger partial charge in [-0.05, 0) is 18.4 Å². The van der Waals surface area contributed by atoms with E-state index >= 15 is 0 Å². The molecule has 1 aromatic heterocycles. The Hall–Kier alpha value is -1.79. The van der Waals surface area contributed by atoms with Crippen molar-refractivity contribution in [3.63, 3.8) is 0 Å². The van der Waals surface area contributed by atoms with Crippen LogP contribution in [0.15, 0.2) is 30.3 Å². The van der Waals surface area contributed by atoms with Gasteiger partial charge < -0.3 is 4.57 Å². The van der Waals surface area contributed by atoms with E-state index < -0.39 is 0 Å². The Bertz CT molecular complexity index is 649. The summed E-state index contributed by atoms with van der Waals surface area (Å²) in [6.07, 6.45) is 5.18. The minimum atomic E-state index is 0.311. The van der Waals surface area contributed by atoms with Crippen LogP contribution in [0.2, 0.25) is 5.15 Å². The zero-order valence-electron chi connectivity index (χ0n) is 11.9. The number of aromatic nitrogens is 2. The fourth-order valence-corrected chi connectivity index (χ4v) is 3.41. The summed E-state index contributed by atoms with van der Waals surface area (Å²) in [5.41, 5.74) is 2.06. The maximum Gasteiger partial charge on any atom is 0.151 e. The molecule has 0 radical (unpaired) electrons. The molecule has 0 bridgehead atoms. The monoisotopic (exact) mass is 299 g/mol. The second-order valence-corrected chi connectivity index (χ2v) is 5.95. The molecule has 1 aliphatic rings. The molecule has 0 saturated heterocycles. The van der Waals surface area contributed by atoms with Crippen LogP contribution < -0.4 is 0 Å². The van der Waals surface area contributed by atoms with Crippen LogP contribution >= 0.6 is 11.6 Å². The standard InChI is InChI=1S/C17H18ClN3/c18-16-15(10-11-19)21(12-13-6-2-1-3-7-13)17(20-16)14-8-4-5-9-14/h1-3,6-7,14H,4-5,8-10,12H2. The number of hydrogen-bond acceptors (Lipinski definition) is 2. The molecule has 1 fully saturated rings. The normalized spacial score (nSPS) is 15.2. The number of nitriles is 1. The molecule has 1 heterocycles. The average molecular weight is 300 g/mol. The van der Waals surface area contributed by atoms with E-state index in [2.05, 4.69) is 27.8 Å². The van der Waals surface area contributed by atoms with Crippen molar-refractivity contribution >= 4 is 11.6 Å². The van der Waals surface area contributed by atoms with Crippen molar-refractivity contribution in [3.05, 3.63) is 52.6 Å². The van der Waals surface area contributed by atoms with Crippen molar-refractivity contribution in [1.82, 2.24) is 9.55 Å². The van der Waals surface area contributed by atoms with Gasteiger partial charge >= 0.3 is 0 Å². The first-order chi connectivity index (χ1) is 10.3. The minimum absolute atomic E-state index is 0.311. The van der Waals surface area contributed by atoms with Gasteiger partial charge in [-0.2, -0.15) is 5.26 Å². The van der Waals surface area contributed by atoms with Crippen molar-refractivity contribution in [1.29, 1.82) is 5.26 Å². The summed E-state index contributed by atoms with van der Waals surface area (Å²) in [7, 11) is 0. The fourth-order valence-electron chi connectivity index (χ4n) is 3.16. The van der Waals surface area contributed by atoms with Crippen molar-refractivity contribution in [2.45, 2.75) is 44.6 Å². The second-order valence-electron chi connectivity index (χ2n) is 5.60. The average Bonchev–Trinajstić information content (AvgIpc) is 3.12. The Morgan fingerprint density at radius 3 is 2.62 bits per heavy atom. The second kappa shape index (κ2) is 6.32. The van der Waals surface area contributed by atoms with E-state index in [1.54, 1.807) is 0 Å². The molecular formula is C17H18ClN3. The highest BCUT2D eigenvalue weighted by molar-refractivity contribution is 6.30. The molecule has 1 saturated carbocycles. The molecule has 0 N–H and O–H groups in total. The van der Waals surface area contributed by atoms with Gasteiger partial charge in [-0.3, -0.25) is 0 Å². The number of benzene rings is 1. The summed E-state index contributed by atoms with van der Waals surface area (Å²) < 4.78 is 2.16. The predicted molar refractivity (Wildman–Crippen MR) is 83.3 cm³/mol. The molecule has 0 amide bonds. The van der Waals surface area contributed by atoms with Crippen molar-refractivity contribution in [2.75, 3.05) is 0 Å². The number of nitrogens with zero attached hydrogens (tertiary/aromatic N) is 3. The lowest BCUT2D eigenvalue weighted by Gasteiger charge is -2.14. The van der Waals surface area contributed by atoms with Gasteiger partial charge in [-0.1, -0.05) is 54.8 Å². The molecule has 0 unspecified atom stereocenters. The Morgan fingerprint density at radius 2 is 1.95 bits per heavy atom. The van der Waals surface area contributed by atoms with Crippen LogP contribution in [-0.2, 0) is 13.0 Å². The largest absolute Gasteiger partial charge is 0.325 e. The molecule has 0 atom stereocenters. The van der Waals surface area contributed by atoms with Gasteiger partial charge in [0.15, 0.2) is 5.15 Å². The van der Waals surface area contributed by atoms with Crippen LogP contribution in [0.25, 0.3) is 0 Å². The predicted octanol–water partition coefficient (Wildman–Crippen LogP) is 4.31. The van der Waals surface area contributed by atoms with Gasteiger partial charge in [-0.15, -0.1) is 0 Å². The molecule has 4 heteroatoms. The summed E-state index contributed by atoms with van der Waals surface area (Å²) in [4.78, 5) is 4.58. The minimum Gasteiger partial charge on any atom is -0.325 e. The Balaban J connectivity index is 2.00. The van der Waals surface area contributed by atoms with Crippen LogP contribution in [0, 0.1) is 11.3 Å². The molecule has 0 aliphatic heterocycles. The number of halogens is 1. The van der Waals surface area contributed by atoms with E-state index in [0.717, 1.165) is 18.1 Å². The third-order valence-corrected chi connectivity index (χ3v) is 4.51. The topological polar surface area (TPSA) is 41.6 Å². The Labute approximate surface area is 130 Å². The van der Waals surface area contributed by atoms with E-state index in [-0.39, 0.29) is 0 Å². The first-order valence-corrected chi connectivity index (χ1v) is 7.83. The summed E-state index contributed by atoms with van der Waals surface area (Å²) >= 11 is 6.29. The molecule has 1 aliphatic carbocycles. The van der Waals surface area contributed by atoms with Gasteiger partial charge in [0.2, 0.25) is 0 Å². The highest BCUT2D eigenvalue weighted by atomic mass is 35.5. The number of imidazole rings is 1. The third kappa shape index (κ3) is 2.96. The van der Waals surface area contributed by atoms with Crippen LogP contribution in [0.3, 0.4) is 0 Å². The molecule has 3 rings (SSSR count). The first-order valence-electron chi connectivity index (χ1n) is 7.45. The van der Waals surface area contributed by atoms with E-state index in [9.17, 15) is 0 Å². The zero-order valence-corrected chi connectivity index (χ0v) is 12.7. The quantitative estimate of drug-likeness (QED) is 0.844. The van der Waals surface area contributed by atoms with Crippen molar-refractivity contribution in [2.24, 2.45) is 0 Å². The van der Waals surface area contributed by atoms with Crippen molar-refractivity contribution in [3.8, 4) is 6.07 Å². The maximum atomic E-state index is 9.06. The maximum absolute atomic E-state index is 9.06. The van der Waals surface area contributed by atoms with Gasteiger partial charge in [0.05, 0.1) is 18.2 Å². The van der Waals surface area contributed by atoms with E-state index in [1.165, 1.54) is 31.2 Å². The molecular weight excluding hydrogens is 282 g/mol. The van der Waals surface area contributed by atoms with Gasteiger partial charge in [0, 0.05) is 12.5 Å². The van der Waals surface area contributed by atoms with E-state index in [4.69, 9.17) is 16.9 Å². The fraction of sp³-hybridized carbons (Fsp3) is 0.412. The molecule has 108 valence electrons. The lowest BCUT2D eigenvalue weighted by atomic mass is 10.1. The molecule has 2 aromatic rings. The lowest BCUT2D eigenvalue weighted by molar-refractivity contribution is 0.601. The summed E-state index contributed by atoms with van der Waals surface area (Å²) in [5, 5.41) is 9.55. The highest BCUT2D eigenvalue weighted by Crippen LogP contribution is 2.35. The molecule has 21 heavy (non-hydrogen) atoms. The van der Waals surface area contributed by atoms with Crippen LogP contribution in [0.4, 0.5) is 0 Å². The van der Waals surface area contributed by atoms with Crippen molar-refractivity contribution < 1.29 is 0 Å². The summed E-state index contributed by atoms with van der Waals surface area (Å²) in [5.74, 6) is 1.55. The highest BCUT2D eigenvalue weighted by Gasteiger charge is 2.25. The zero-order chi connectivity index (χ0) is 14.7. The Morgan fingerprint density at radius 1 is 1.24 bits per heavy atom. The third-order valence-electron chi connectivity index (χ3n) is 4.20. The van der Waals surface area contributed by atoms with Crippen LogP contribution in [0.5, 0.6) is 0 Å². The lowest BCUT2D eigenvalue weighted by Crippen LogP contribution is -2.11. The molecule has 3 nitrogen and oxygen atoms in total. The SMILES string of the molecule is N#CCc1c(Cl)nc(C2CCCC2)n1Cc1ccccc1. The van der Waals surface area contributed by atoms with E-state index in [0.29, 0.717) is 17.5 Å².